The zero-order valence-corrected chi connectivity index (χ0v) is 15.6. The molecule has 16 heavy (non-hydrogen) atoms. The lowest BCUT2D eigenvalue weighted by molar-refractivity contribution is 0.965. The van der Waals surface area contributed by atoms with Crippen LogP contribution in [0.3, 0.4) is 0 Å². The van der Waals surface area contributed by atoms with Crippen LogP contribution in [0.1, 0.15) is 0 Å². The van der Waals surface area contributed by atoms with Crippen molar-refractivity contribution in [2.75, 3.05) is 23.0 Å². The second-order valence-electron chi connectivity index (χ2n) is 3.20. The quantitative estimate of drug-likeness (QED) is 0.209. The molecule has 0 aliphatic rings. The van der Waals surface area contributed by atoms with Gasteiger partial charge in [0, 0.05) is 44.0 Å². The van der Waals surface area contributed by atoms with Crippen LogP contribution in [0.5, 0.6) is 0 Å². The maximum Gasteiger partial charge on any atom is 0.0240 e. The fraction of sp³-hybridized carbons (Fsp3) is 1.00. The van der Waals surface area contributed by atoms with Gasteiger partial charge >= 0.3 is 0 Å². The van der Waals surface area contributed by atoms with Crippen molar-refractivity contribution >= 4 is 97.4 Å². The molecule has 0 aromatic carbocycles. The van der Waals surface area contributed by atoms with Crippen LogP contribution in [0.4, 0.5) is 0 Å². The Balaban J connectivity index is 3.52. The molecule has 0 N–H and O–H groups in total. The van der Waals surface area contributed by atoms with Crippen molar-refractivity contribution in [2.24, 2.45) is 0 Å². The highest BCUT2D eigenvalue weighted by atomic mass is 33.1. The molecular formula is C8H18S8. The third-order valence-electron chi connectivity index (χ3n) is 1.82. The van der Waals surface area contributed by atoms with Gasteiger partial charge in [-0.15, -0.1) is 0 Å². The van der Waals surface area contributed by atoms with E-state index in [0.29, 0.717) is 0 Å². The van der Waals surface area contributed by atoms with E-state index in [1.165, 1.54) is 0 Å². The van der Waals surface area contributed by atoms with Gasteiger partial charge in [0.15, 0.2) is 0 Å². The van der Waals surface area contributed by atoms with Gasteiger partial charge in [-0.3, -0.25) is 0 Å². The third-order valence-corrected chi connectivity index (χ3v) is 8.79. The summed E-state index contributed by atoms with van der Waals surface area (Å²) in [6, 6.07) is 0. The zero-order valence-electron chi connectivity index (χ0n) is 8.64. The molecule has 0 rings (SSSR count). The summed E-state index contributed by atoms with van der Waals surface area (Å²) >= 11 is 26.2. The lowest BCUT2D eigenvalue weighted by Crippen LogP contribution is -2.20. The molecule has 0 bridgehead atoms. The van der Waals surface area contributed by atoms with Gasteiger partial charge in [0.2, 0.25) is 0 Å². The predicted molar refractivity (Wildman–Crippen MR) is 104 cm³/mol. The van der Waals surface area contributed by atoms with Gasteiger partial charge in [-0.05, 0) is 0 Å². The van der Waals surface area contributed by atoms with E-state index in [0.717, 1.165) is 23.0 Å². The van der Waals surface area contributed by atoms with Crippen LogP contribution in [0.2, 0.25) is 0 Å². The molecule has 8 heteroatoms. The summed E-state index contributed by atoms with van der Waals surface area (Å²) in [6.45, 7) is 0. The van der Waals surface area contributed by atoms with Crippen molar-refractivity contribution in [3.05, 3.63) is 0 Å². The van der Waals surface area contributed by atoms with Crippen LogP contribution in [0.25, 0.3) is 0 Å². The molecule has 0 aliphatic carbocycles. The summed E-state index contributed by atoms with van der Waals surface area (Å²) in [6.07, 6.45) is 0. The molecule has 0 heterocycles. The van der Waals surface area contributed by atoms with Crippen LogP contribution in [0.15, 0.2) is 0 Å². The van der Waals surface area contributed by atoms with Crippen molar-refractivity contribution in [3.8, 4) is 0 Å². The molecule has 0 aliphatic heterocycles. The average Bonchev–Trinajstić information content (AvgIpc) is 2.31. The Bertz CT molecular complexity index is 148. The Morgan fingerprint density at radius 2 is 0.938 bits per heavy atom. The summed E-state index contributed by atoms with van der Waals surface area (Å²) < 4.78 is 0. The Hall–Kier alpha value is 2.80. The molecule has 0 aromatic rings. The van der Waals surface area contributed by atoms with E-state index in [2.05, 4.69) is 75.8 Å². The molecule has 0 saturated heterocycles. The molecule has 0 saturated carbocycles. The van der Waals surface area contributed by atoms with Gasteiger partial charge < -0.3 is 0 Å². The smallest absolute Gasteiger partial charge is 0.0240 e. The van der Waals surface area contributed by atoms with Gasteiger partial charge in [0.25, 0.3) is 0 Å². The second kappa shape index (κ2) is 11.6. The van der Waals surface area contributed by atoms with Crippen LogP contribution in [-0.2, 0) is 0 Å². The van der Waals surface area contributed by atoms with Crippen molar-refractivity contribution in [2.45, 2.75) is 21.0 Å². The highest BCUT2D eigenvalue weighted by Gasteiger charge is 2.15. The first-order chi connectivity index (χ1) is 7.52. The summed E-state index contributed by atoms with van der Waals surface area (Å²) in [5, 5.41) is 1.07. The molecule has 0 fully saturated rings. The highest BCUT2D eigenvalue weighted by molar-refractivity contribution is 8.76. The number of thiol groups is 6. The molecule has 0 amide bonds. The Labute approximate surface area is 140 Å². The largest absolute Gasteiger partial charge is 0.178 e. The van der Waals surface area contributed by atoms with Gasteiger partial charge in [-0.25, -0.2) is 0 Å². The van der Waals surface area contributed by atoms with Crippen molar-refractivity contribution in [1.29, 1.82) is 0 Å². The molecular weight excluding hydrogens is 353 g/mol. The SMILES string of the molecule is SCC(S)C(S)CSSCC(S)C(S)CS. The summed E-state index contributed by atoms with van der Waals surface area (Å²) in [5.41, 5.74) is 0. The predicted octanol–water partition coefficient (Wildman–Crippen LogP) is 3.42. The van der Waals surface area contributed by atoms with Crippen molar-refractivity contribution in [1.82, 2.24) is 0 Å². The zero-order chi connectivity index (χ0) is 12.6. The van der Waals surface area contributed by atoms with Crippen LogP contribution in [-0.4, -0.2) is 44.0 Å². The Morgan fingerprint density at radius 1 is 0.625 bits per heavy atom. The molecule has 0 aromatic heterocycles. The molecule has 0 radical (unpaired) electrons. The normalized spacial score (nSPS) is 19.1. The average molecular weight is 371 g/mol. The van der Waals surface area contributed by atoms with Crippen molar-refractivity contribution < 1.29 is 0 Å². The lowest BCUT2D eigenvalue weighted by atomic mass is 10.3. The van der Waals surface area contributed by atoms with E-state index >= 15 is 0 Å². The first kappa shape index (κ1) is 18.8. The Morgan fingerprint density at radius 3 is 1.19 bits per heavy atom. The summed E-state index contributed by atoms with van der Waals surface area (Å²) in [4.78, 5) is 0. The minimum Gasteiger partial charge on any atom is -0.178 e. The van der Waals surface area contributed by atoms with E-state index < -0.39 is 0 Å². The van der Waals surface area contributed by atoms with E-state index in [1.807, 2.05) is 21.6 Å². The number of hydrogen-bond donors (Lipinski definition) is 6. The lowest BCUT2D eigenvalue weighted by Gasteiger charge is -2.17. The first-order valence-electron chi connectivity index (χ1n) is 4.71. The van der Waals surface area contributed by atoms with Gasteiger partial charge in [-0.1, -0.05) is 21.6 Å². The highest BCUT2D eigenvalue weighted by Crippen LogP contribution is 2.29. The summed E-state index contributed by atoms with van der Waals surface area (Å²) in [7, 11) is 3.62. The Kier molecular flexibility index (Phi) is 13.6. The van der Waals surface area contributed by atoms with E-state index in [9.17, 15) is 0 Å². The van der Waals surface area contributed by atoms with Crippen molar-refractivity contribution in [3.63, 3.8) is 0 Å². The maximum absolute atomic E-state index is 4.48. The summed E-state index contributed by atoms with van der Waals surface area (Å²) in [5.74, 6) is 3.47. The number of hydrogen-bond acceptors (Lipinski definition) is 8. The van der Waals surface area contributed by atoms with E-state index in [1.54, 1.807) is 0 Å². The monoisotopic (exact) mass is 370 g/mol. The van der Waals surface area contributed by atoms with Crippen LogP contribution < -0.4 is 0 Å². The van der Waals surface area contributed by atoms with E-state index in [-0.39, 0.29) is 21.0 Å². The second-order valence-corrected chi connectivity index (χ2v) is 9.14. The molecule has 0 nitrogen and oxygen atoms in total. The topological polar surface area (TPSA) is 0 Å². The maximum atomic E-state index is 4.48. The van der Waals surface area contributed by atoms with Crippen LogP contribution >= 0.6 is 97.4 Å². The molecule has 98 valence electrons. The standard InChI is InChI=1S/C8H18S8/c9-1-5(11)7(13)3-15-16-4-8(14)6(12)2-10/h5-14H,1-4H2. The van der Waals surface area contributed by atoms with Crippen LogP contribution in [0, 0.1) is 0 Å². The fourth-order valence-corrected chi connectivity index (χ4v) is 5.69. The molecule has 4 unspecified atom stereocenters. The minimum atomic E-state index is 0.252. The minimum absolute atomic E-state index is 0.252. The third kappa shape index (κ3) is 8.82. The molecule has 4 atom stereocenters. The first-order valence-corrected chi connectivity index (χ1v) is 10.5. The fourth-order valence-electron chi connectivity index (χ4n) is 0.701. The van der Waals surface area contributed by atoms with Gasteiger partial charge in [0.1, 0.15) is 0 Å². The van der Waals surface area contributed by atoms with Gasteiger partial charge in [-0.2, -0.15) is 75.8 Å². The molecule has 0 spiro atoms. The number of rotatable bonds is 9. The van der Waals surface area contributed by atoms with E-state index in [4.69, 9.17) is 0 Å². The van der Waals surface area contributed by atoms with Gasteiger partial charge in [0.05, 0.1) is 0 Å².